The van der Waals surface area contributed by atoms with E-state index in [2.05, 4.69) is 10.4 Å². The number of hydrogen-bond donors (Lipinski definition) is 2. The average Bonchev–Trinajstić information content (AvgIpc) is 2.39. The van der Waals surface area contributed by atoms with E-state index in [1.807, 2.05) is 6.92 Å². The highest BCUT2D eigenvalue weighted by Crippen LogP contribution is 2.17. The van der Waals surface area contributed by atoms with Crippen molar-refractivity contribution in [2.75, 3.05) is 25.6 Å². The summed E-state index contributed by atoms with van der Waals surface area (Å²) in [5.41, 5.74) is -0.803. The molecule has 1 rings (SSSR count). The lowest BCUT2D eigenvalue weighted by Gasteiger charge is -2.22. The van der Waals surface area contributed by atoms with Crippen LogP contribution < -0.4 is 10.9 Å². The summed E-state index contributed by atoms with van der Waals surface area (Å²) in [7, 11) is 1.55. The van der Waals surface area contributed by atoms with E-state index in [0.29, 0.717) is 31.8 Å². The smallest absolute Gasteiger partial charge is 0.287 e. The molecule has 0 fully saturated rings. The van der Waals surface area contributed by atoms with Crippen LogP contribution in [-0.4, -0.2) is 40.7 Å². The summed E-state index contributed by atoms with van der Waals surface area (Å²) < 4.78 is 6.13. The maximum atomic E-state index is 11.9. The molecule has 108 valence electrons. The van der Waals surface area contributed by atoms with Gasteiger partial charge in [-0.15, -0.1) is 0 Å². The Kier molecular flexibility index (Phi) is 5.78. The Bertz CT molecular complexity index is 474. The molecule has 0 aliphatic rings. The summed E-state index contributed by atoms with van der Waals surface area (Å²) in [6.45, 7) is 4.63. The molecule has 0 aliphatic heterocycles. The molecule has 1 heterocycles. The minimum atomic E-state index is -0.853. The molecule has 1 aromatic heterocycles. The number of methoxy groups -OCH3 is 1. The third-order valence-corrected chi connectivity index (χ3v) is 3.28. The first-order chi connectivity index (χ1) is 8.91. The van der Waals surface area contributed by atoms with Crippen molar-refractivity contribution >= 4 is 17.3 Å². The second-order valence-electron chi connectivity index (χ2n) is 4.60. The topological polar surface area (TPSA) is 76.4 Å². The monoisotopic (exact) mass is 289 g/mol. The molecule has 0 bridgehead atoms. The van der Waals surface area contributed by atoms with E-state index in [0.717, 1.165) is 0 Å². The highest BCUT2D eigenvalue weighted by molar-refractivity contribution is 6.32. The van der Waals surface area contributed by atoms with Crippen molar-refractivity contribution < 1.29 is 9.84 Å². The van der Waals surface area contributed by atoms with Gasteiger partial charge in [-0.3, -0.25) is 4.79 Å². The van der Waals surface area contributed by atoms with Crippen LogP contribution in [0.2, 0.25) is 5.02 Å². The van der Waals surface area contributed by atoms with Gasteiger partial charge in [-0.25, -0.2) is 4.68 Å². The number of nitrogens with zero attached hydrogens (tertiary/aromatic N) is 2. The first-order valence-corrected chi connectivity index (χ1v) is 6.50. The van der Waals surface area contributed by atoms with Crippen LogP contribution in [-0.2, 0) is 11.3 Å². The van der Waals surface area contributed by atoms with Crippen LogP contribution in [0.5, 0.6) is 0 Å². The molecule has 0 radical (unpaired) electrons. The summed E-state index contributed by atoms with van der Waals surface area (Å²) >= 11 is 5.99. The van der Waals surface area contributed by atoms with Gasteiger partial charge >= 0.3 is 0 Å². The van der Waals surface area contributed by atoms with E-state index in [9.17, 15) is 9.90 Å². The number of nitrogens with one attached hydrogen (secondary N) is 1. The Balaban J connectivity index is 2.82. The van der Waals surface area contributed by atoms with Gasteiger partial charge < -0.3 is 15.2 Å². The van der Waals surface area contributed by atoms with E-state index in [1.54, 1.807) is 14.0 Å². The lowest BCUT2D eigenvalue weighted by Crippen LogP contribution is -2.33. The van der Waals surface area contributed by atoms with Gasteiger partial charge in [0, 0.05) is 13.7 Å². The van der Waals surface area contributed by atoms with E-state index in [4.69, 9.17) is 16.3 Å². The largest absolute Gasteiger partial charge is 0.388 e. The quantitative estimate of drug-likeness (QED) is 0.786. The zero-order valence-corrected chi connectivity index (χ0v) is 12.2. The van der Waals surface area contributed by atoms with Crippen molar-refractivity contribution in [3.05, 3.63) is 21.6 Å². The molecule has 0 saturated carbocycles. The van der Waals surface area contributed by atoms with Crippen molar-refractivity contribution in [1.29, 1.82) is 0 Å². The standard InChI is InChI=1S/C12H20ClN3O3/c1-4-12(2,18)8-14-9-7-15-16(5-6-19-3)11(17)10(9)13/h7,14,18H,4-6,8H2,1-3H3. The number of ether oxygens (including phenoxy) is 1. The fourth-order valence-electron chi connectivity index (χ4n) is 1.34. The van der Waals surface area contributed by atoms with Crippen LogP contribution >= 0.6 is 11.6 Å². The third-order valence-electron chi connectivity index (χ3n) is 2.91. The van der Waals surface area contributed by atoms with Crippen molar-refractivity contribution in [2.45, 2.75) is 32.4 Å². The zero-order valence-electron chi connectivity index (χ0n) is 11.4. The zero-order chi connectivity index (χ0) is 14.5. The Labute approximate surface area is 117 Å². The minimum Gasteiger partial charge on any atom is -0.388 e. The minimum absolute atomic E-state index is 0.0676. The van der Waals surface area contributed by atoms with E-state index >= 15 is 0 Å². The van der Waals surface area contributed by atoms with Gasteiger partial charge in [-0.1, -0.05) is 18.5 Å². The average molecular weight is 290 g/mol. The Morgan fingerprint density at radius 3 is 2.89 bits per heavy atom. The third kappa shape index (κ3) is 4.49. The maximum absolute atomic E-state index is 11.9. The molecule has 2 N–H and O–H groups in total. The van der Waals surface area contributed by atoms with Crippen LogP contribution in [0.4, 0.5) is 5.69 Å². The van der Waals surface area contributed by atoms with Crippen LogP contribution in [0.15, 0.2) is 11.0 Å². The summed E-state index contributed by atoms with van der Waals surface area (Å²) in [6.07, 6.45) is 2.07. The van der Waals surface area contributed by atoms with Crippen molar-refractivity contribution in [3.63, 3.8) is 0 Å². The van der Waals surface area contributed by atoms with Crippen LogP contribution in [0.25, 0.3) is 0 Å². The molecule has 0 aromatic carbocycles. The van der Waals surface area contributed by atoms with Gasteiger partial charge in [0.05, 0.1) is 30.6 Å². The fraction of sp³-hybridized carbons (Fsp3) is 0.667. The Morgan fingerprint density at radius 2 is 2.32 bits per heavy atom. The van der Waals surface area contributed by atoms with Crippen LogP contribution in [0.1, 0.15) is 20.3 Å². The van der Waals surface area contributed by atoms with E-state index in [-0.39, 0.29) is 10.6 Å². The molecule has 1 atom stereocenters. The van der Waals surface area contributed by atoms with E-state index < -0.39 is 5.60 Å². The van der Waals surface area contributed by atoms with Gasteiger partial charge in [-0.2, -0.15) is 5.10 Å². The molecule has 19 heavy (non-hydrogen) atoms. The molecular weight excluding hydrogens is 270 g/mol. The number of aliphatic hydroxyl groups is 1. The number of halogens is 1. The Hall–Kier alpha value is -1.11. The molecular formula is C12H20ClN3O3. The first kappa shape index (κ1) is 15.9. The highest BCUT2D eigenvalue weighted by Gasteiger charge is 2.18. The summed E-state index contributed by atoms with van der Waals surface area (Å²) in [5, 5.41) is 16.9. The summed E-state index contributed by atoms with van der Waals surface area (Å²) in [5.74, 6) is 0. The van der Waals surface area contributed by atoms with Crippen LogP contribution in [0.3, 0.4) is 0 Å². The number of aromatic nitrogens is 2. The molecule has 0 saturated heterocycles. The molecule has 0 amide bonds. The molecule has 0 spiro atoms. The number of anilines is 1. The van der Waals surface area contributed by atoms with E-state index in [1.165, 1.54) is 10.9 Å². The number of rotatable bonds is 7. The van der Waals surface area contributed by atoms with Gasteiger partial charge in [0.1, 0.15) is 5.02 Å². The molecule has 7 heteroatoms. The molecule has 1 aromatic rings. The van der Waals surface area contributed by atoms with Gasteiger partial charge in [0.15, 0.2) is 0 Å². The summed E-state index contributed by atoms with van der Waals surface area (Å²) in [6, 6.07) is 0. The normalized spacial score (nSPS) is 14.2. The maximum Gasteiger partial charge on any atom is 0.287 e. The highest BCUT2D eigenvalue weighted by atomic mass is 35.5. The number of hydrogen-bond acceptors (Lipinski definition) is 5. The summed E-state index contributed by atoms with van der Waals surface area (Å²) in [4.78, 5) is 11.9. The predicted molar refractivity (Wildman–Crippen MR) is 74.8 cm³/mol. The second-order valence-corrected chi connectivity index (χ2v) is 4.98. The van der Waals surface area contributed by atoms with Crippen molar-refractivity contribution in [3.8, 4) is 0 Å². The van der Waals surface area contributed by atoms with Gasteiger partial charge in [-0.05, 0) is 13.3 Å². The van der Waals surface area contributed by atoms with Crippen molar-refractivity contribution in [2.24, 2.45) is 0 Å². The first-order valence-electron chi connectivity index (χ1n) is 6.12. The Morgan fingerprint density at radius 1 is 1.63 bits per heavy atom. The van der Waals surface area contributed by atoms with Gasteiger partial charge in [0.2, 0.25) is 0 Å². The van der Waals surface area contributed by atoms with Crippen molar-refractivity contribution in [1.82, 2.24) is 9.78 Å². The predicted octanol–water partition coefficient (Wildman–Crippen LogP) is 1.12. The molecule has 0 aliphatic carbocycles. The SMILES string of the molecule is CCC(C)(O)CNc1cnn(CCOC)c(=O)c1Cl. The van der Waals surface area contributed by atoms with Gasteiger partial charge in [0.25, 0.3) is 5.56 Å². The molecule has 1 unspecified atom stereocenters. The second kappa shape index (κ2) is 6.88. The lowest BCUT2D eigenvalue weighted by molar-refractivity contribution is 0.0697. The lowest BCUT2D eigenvalue weighted by atomic mass is 10.0. The fourth-order valence-corrected chi connectivity index (χ4v) is 1.55. The van der Waals surface area contributed by atoms with Crippen LogP contribution in [0, 0.1) is 0 Å². The molecule has 6 nitrogen and oxygen atoms in total.